The molecule has 1 saturated heterocycles. The highest BCUT2D eigenvalue weighted by atomic mass is 32.2. The number of pyridine rings is 1. The molecule has 0 radical (unpaired) electrons. The molecule has 12 heteroatoms. The van der Waals surface area contributed by atoms with E-state index in [9.17, 15) is 13.0 Å². The fraction of sp³-hybridized carbons (Fsp3) is 0.550. The molecule has 1 aliphatic heterocycles. The first kappa shape index (κ1) is 23.7. The third-order valence-electron chi connectivity index (χ3n) is 5.87. The Bertz CT molecular complexity index is 1060. The molecule has 3 heterocycles. The molecule has 0 aromatic carbocycles. The highest BCUT2D eigenvalue weighted by Gasteiger charge is 2.37. The molecule has 4 rings (SSSR count). The van der Waals surface area contributed by atoms with Gasteiger partial charge in [0.05, 0.1) is 17.6 Å². The smallest absolute Gasteiger partial charge is 0.285 e. The van der Waals surface area contributed by atoms with Crippen molar-refractivity contribution in [2.45, 2.75) is 54.7 Å². The SMILES string of the molecule is CS(=O)C1CCN(c2cc(SNC3(C)CC3)cn3c(C(=N)SC(=N)C(F)F)cnc23)CC1. The summed E-state index contributed by atoms with van der Waals surface area (Å²) in [5.74, 6) is 0. The van der Waals surface area contributed by atoms with Crippen LogP contribution >= 0.6 is 23.7 Å². The molecule has 2 fully saturated rings. The van der Waals surface area contributed by atoms with Crippen LogP contribution in [0.1, 0.15) is 38.3 Å². The molecule has 1 saturated carbocycles. The molecule has 0 spiro atoms. The molecule has 0 bridgehead atoms. The summed E-state index contributed by atoms with van der Waals surface area (Å²) in [7, 11) is -0.847. The Morgan fingerprint density at radius 1 is 1.34 bits per heavy atom. The van der Waals surface area contributed by atoms with Crippen molar-refractivity contribution in [1.29, 1.82) is 10.8 Å². The van der Waals surface area contributed by atoms with Crippen LogP contribution in [0.15, 0.2) is 23.4 Å². The van der Waals surface area contributed by atoms with Gasteiger partial charge in [-0.15, -0.1) is 0 Å². The standard InChI is InChI=1S/C20H26F2N6OS3/c1-20(5-6-20)26-31-12-9-14(27-7-3-13(4-8-27)32(2)29)19-25-10-15(28(19)11-12)17(23)30-18(24)16(21)22/h9-11,13,16,23-24,26H,3-8H2,1-2H3. The van der Waals surface area contributed by atoms with E-state index in [1.165, 1.54) is 18.1 Å². The molecule has 0 amide bonds. The lowest BCUT2D eigenvalue weighted by molar-refractivity contribution is 0.228. The first-order valence-corrected chi connectivity index (χ1v) is 13.6. The third kappa shape index (κ3) is 5.18. The third-order valence-corrected chi connectivity index (χ3v) is 9.15. The first-order chi connectivity index (χ1) is 15.2. The van der Waals surface area contributed by atoms with Crippen LogP contribution in [0.25, 0.3) is 5.65 Å². The summed E-state index contributed by atoms with van der Waals surface area (Å²) in [6.45, 7) is 3.67. The van der Waals surface area contributed by atoms with Gasteiger partial charge in [-0.2, -0.15) is 0 Å². The molecular weight excluding hydrogens is 474 g/mol. The Hall–Kier alpha value is -1.50. The second kappa shape index (κ2) is 9.40. The van der Waals surface area contributed by atoms with Crippen LogP contribution in [0.4, 0.5) is 14.5 Å². The summed E-state index contributed by atoms with van der Waals surface area (Å²) in [6.07, 6.45) is 6.09. The lowest BCUT2D eigenvalue weighted by Crippen LogP contribution is -2.37. The molecule has 1 unspecified atom stereocenters. The number of piperidine rings is 1. The van der Waals surface area contributed by atoms with Crippen LogP contribution in [0.3, 0.4) is 0 Å². The monoisotopic (exact) mass is 500 g/mol. The quantitative estimate of drug-likeness (QED) is 0.300. The van der Waals surface area contributed by atoms with Gasteiger partial charge in [-0.3, -0.25) is 24.2 Å². The van der Waals surface area contributed by atoms with Crippen molar-refractivity contribution in [2.24, 2.45) is 0 Å². The number of halogens is 2. The predicted octanol–water partition coefficient (Wildman–Crippen LogP) is 4.13. The largest absolute Gasteiger partial charge is 0.368 e. The van der Waals surface area contributed by atoms with Gasteiger partial charge in [0.25, 0.3) is 6.43 Å². The van der Waals surface area contributed by atoms with Crippen molar-refractivity contribution < 1.29 is 13.0 Å². The van der Waals surface area contributed by atoms with Crippen molar-refractivity contribution in [3.8, 4) is 0 Å². The van der Waals surface area contributed by atoms with Crippen molar-refractivity contribution >= 4 is 55.9 Å². The van der Waals surface area contributed by atoms with E-state index in [1.807, 2.05) is 6.20 Å². The van der Waals surface area contributed by atoms with E-state index < -0.39 is 22.3 Å². The number of imidazole rings is 1. The molecule has 7 nitrogen and oxygen atoms in total. The lowest BCUT2D eigenvalue weighted by atomic mass is 10.1. The van der Waals surface area contributed by atoms with Gasteiger partial charge in [0.1, 0.15) is 10.1 Å². The zero-order chi connectivity index (χ0) is 23.0. The minimum absolute atomic E-state index is 0.121. The van der Waals surface area contributed by atoms with Crippen molar-refractivity contribution in [3.63, 3.8) is 0 Å². The van der Waals surface area contributed by atoms with Crippen LogP contribution in [-0.4, -0.2) is 60.2 Å². The van der Waals surface area contributed by atoms with E-state index >= 15 is 0 Å². The van der Waals surface area contributed by atoms with Gasteiger partial charge in [-0.05, 0) is 62.4 Å². The number of rotatable bonds is 7. The van der Waals surface area contributed by atoms with Gasteiger partial charge in [-0.25, -0.2) is 13.8 Å². The molecule has 2 aromatic heterocycles. The second-order valence-electron chi connectivity index (χ2n) is 8.44. The van der Waals surface area contributed by atoms with Crippen LogP contribution in [0.5, 0.6) is 0 Å². The van der Waals surface area contributed by atoms with E-state index in [1.54, 1.807) is 10.7 Å². The molecule has 174 valence electrons. The normalized spacial score (nSPS) is 19.5. The average molecular weight is 501 g/mol. The summed E-state index contributed by atoms with van der Waals surface area (Å²) >= 11 is 1.96. The average Bonchev–Trinajstić information content (AvgIpc) is 3.34. The Kier molecular flexibility index (Phi) is 6.94. The molecule has 1 aliphatic carbocycles. The van der Waals surface area contributed by atoms with Crippen LogP contribution < -0.4 is 9.62 Å². The van der Waals surface area contributed by atoms with Gasteiger partial charge < -0.3 is 4.90 Å². The van der Waals surface area contributed by atoms with Crippen LogP contribution in [0.2, 0.25) is 0 Å². The molecule has 2 aliphatic rings. The fourth-order valence-corrected chi connectivity index (χ4v) is 5.94. The first-order valence-electron chi connectivity index (χ1n) is 10.3. The maximum Gasteiger partial charge on any atom is 0.285 e. The highest BCUT2D eigenvalue weighted by Crippen LogP contribution is 2.38. The van der Waals surface area contributed by atoms with Gasteiger partial charge in [0, 0.05) is 52.0 Å². The highest BCUT2D eigenvalue weighted by molar-refractivity contribution is 8.26. The van der Waals surface area contributed by atoms with E-state index in [0.717, 1.165) is 49.4 Å². The molecule has 32 heavy (non-hydrogen) atoms. The summed E-state index contributed by atoms with van der Waals surface area (Å²) in [5, 5.41) is 14.9. The van der Waals surface area contributed by atoms with E-state index in [2.05, 4.69) is 27.6 Å². The van der Waals surface area contributed by atoms with Crippen molar-refractivity contribution in [2.75, 3.05) is 24.2 Å². The van der Waals surface area contributed by atoms with Crippen LogP contribution in [-0.2, 0) is 10.8 Å². The zero-order valence-electron chi connectivity index (χ0n) is 17.9. The Labute approximate surface area is 196 Å². The maximum absolute atomic E-state index is 12.8. The number of anilines is 1. The number of alkyl halides is 2. The summed E-state index contributed by atoms with van der Waals surface area (Å²) in [4.78, 5) is 7.65. The number of nitrogens with one attached hydrogen (secondary N) is 3. The molecule has 3 N–H and O–H groups in total. The number of hydrogen-bond acceptors (Lipinski definition) is 8. The number of thioether (sulfide) groups is 1. The van der Waals surface area contributed by atoms with Gasteiger partial charge in [0.15, 0.2) is 5.65 Å². The second-order valence-corrected chi connectivity index (χ2v) is 12.0. The van der Waals surface area contributed by atoms with Crippen LogP contribution in [0, 0.1) is 10.8 Å². The van der Waals surface area contributed by atoms with Gasteiger partial charge in [0.2, 0.25) is 0 Å². The number of fused-ring (bicyclic) bond motifs is 1. The van der Waals surface area contributed by atoms with E-state index in [4.69, 9.17) is 10.8 Å². The predicted molar refractivity (Wildman–Crippen MR) is 129 cm³/mol. The number of hydrogen-bond donors (Lipinski definition) is 3. The number of nitrogens with zero attached hydrogens (tertiary/aromatic N) is 3. The Morgan fingerprint density at radius 3 is 2.62 bits per heavy atom. The minimum atomic E-state index is -2.91. The Morgan fingerprint density at radius 2 is 2.03 bits per heavy atom. The van der Waals surface area contributed by atoms with Gasteiger partial charge in [-0.1, -0.05) is 0 Å². The minimum Gasteiger partial charge on any atom is -0.368 e. The number of aromatic nitrogens is 2. The summed E-state index contributed by atoms with van der Waals surface area (Å²) in [5.41, 5.74) is 2.05. The molecule has 1 atom stereocenters. The Balaban J connectivity index is 1.66. The van der Waals surface area contributed by atoms with E-state index in [-0.39, 0.29) is 15.8 Å². The van der Waals surface area contributed by atoms with Crippen molar-refractivity contribution in [1.82, 2.24) is 14.1 Å². The lowest BCUT2D eigenvalue weighted by Gasteiger charge is -2.33. The zero-order valence-corrected chi connectivity index (χ0v) is 20.3. The maximum atomic E-state index is 12.8. The van der Waals surface area contributed by atoms with Crippen molar-refractivity contribution in [3.05, 3.63) is 24.2 Å². The topological polar surface area (TPSA) is 97.3 Å². The van der Waals surface area contributed by atoms with E-state index in [0.29, 0.717) is 23.1 Å². The molecular formula is C20H26F2N6OS3. The molecule has 2 aromatic rings. The summed E-state index contributed by atoms with van der Waals surface area (Å²) < 4.78 is 42.8. The fourth-order valence-electron chi connectivity index (χ4n) is 3.61. The van der Waals surface area contributed by atoms with Gasteiger partial charge >= 0.3 is 0 Å². The summed E-state index contributed by atoms with van der Waals surface area (Å²) in [6, 6.07) is 2.07.